The van der Waals surface area contributed by atoms with E-state index >= 15 is 0 Å². The average molecular weight is 601 g/mol. The van der Waals surface area contributed by atoms with Crippen molar-refractivity contribution in [3.05, 3.63) is 164 Å². The topological polar surface area (TPSA) is 3.24 Å². The van der Waals surface area contributed by atoms with Gasteiger partial charge in [0.2, 0.25) is 0 Å². The van der Waals surface area contributed by atoms with E-state index in [1.807, 2.05) is 0 Å². The van der Waals surface area contributed by atoms with Gasteiger partial charge in [0.15, 0.2) is 0 Å². The van der Waals surface area contributed by atoms with Crippen LogP contribution >= 0.6 is 0 Å². The van der Waals surface area contributed by atoms with E-state index in [0.29, 0.717) is 14.5 Å². The van der Waals surface area contributed by atoms with Crippen LogP contribution in [0.1, 0.15) is 0 Å². The Labute approximate surface area is 251 Å². The fourth-order valence-corrected chi connectivity index (χ4v) is 8.63. The van der Waals surface area contributed by atoms with Crippen molar-refractivity contribution in [3.63, 3.8) is 0 Å². The maximum Gasteiger partial charge on any atom is -0.0544 e. The molecule has 8 aromatic rings. The smallest absolute Gasteiger partial charge is 0.0544 e. The Balaban J connectivity index is 1.26. The van der Waals surface area contributed by atoms with Crippen molar-refractivity contribution in [2.75, 3.05) is 4.90 Å². The van der Waals surface area contributed by atoms with E-state index < -0.39 is 0 Å². The Morgan fingerprint density at radius 3 is 1.86 bits per heavy atom. The molecule has 198 valence electrons. The van der Waals surface area contributed by atoms with E-state index in [2.05, 4.69) is 169 Å². The second-order valence-corrected chi connectivity index (χ2v) is 12.8. The molecule has 0 atom stereocenters. The first-order valence-corrected chi connectivity index (χ1v) is 16.0. The van der Waals surface area contributed by atoms with Crippen LogP contribution in [0, 0.1) is 0 Å². The Bertz CT molecular complexity index is 2180. The molecule has 0 radical (unpaired) electrons. The van der Waals surface area contributed by atoms with Gasteiger partial charge in [0.1, 0.15) is 0 Å². The molecular weight excluding hydrogens is 573 g/mol. The van der Waals surface area contributed by atoms with Crippen molar-refractivity contribution < 1.29 is 0 Å². The summed E-state index contributed by atoms with van der Waals surface area (Å²) < 4.78 is 2.99. The first kappa shape index (κ1) is 24.9. The molecule has 0 N–H and O–H groups in total. The zero-order valence-electron chi connectivity index (χ0n) is 22.9. The third-order valence-corrected chi connectivity index (χ3v) is 10.6. The van der Waals surface area contributed by atoms with E-state index in [1.165, 1.54) is 52.3 Å². The first-order valence-electron chi connectivity index (χ1n) is 14.3. The molecule has 7 aromatic carbocycles. The van der Waals surface area contributed by atoms with Gasteiger partial charge in [-0.15, -0.1) is 0 Å². The number of fused-ring (bicyclic) bond motifs is 5. The van der Waals surface area contributed by atoms with Crippen LogP contribution in [0.3, 0.4) is 0 Å². The van der Waals surface area contributed by atoms with Gasteiger partial charge in [0, 0.05) is 0 Å². The van der Waals surface area contributed by atoms with Gasteiger partial charge in [0.05, 0.1) is 0 Å². The second kappa shape index (κ2) is 10.5. The number of hydrogen-bond donors (Lipinski definition) is 0. The molecule has 42 heavy (non-hydrogen) atoms. The Hall–Kier alpha value is -4.88. The van der Waals surface area contributed by atoms with Crippen LogP contribution in [-0.2, 0) is 0 Å². The van der Waals surface area contributed by atoms with Crippen molar-refractivity contribution in [2.24, 2.45) is 0 Å². The number of anilines is 3. The summed E-state index contributed by atoms with van der Waals surface area (Å²) in [5, 5.41) is 5.48. The number of hydrogen-bond acceptors (Lipinski definition) is 1. The van der Waals surface area contributed by atoms with Crippen molar-refractivity contribution in [1.29, 1.82) is 0 Å². The standard InChI is InChI=1S/C40H27NSe/c1-3-11-28(12-4-1)29-19-23-33(24-20-29)41(32-13-5-2-6-14-32)38-17-9-7-15-34(38)30-21-25-35-31(27-30)22-26-37-36-16-8-10-18-39(36)42-40(35)37/h1-27H. The van der Waals surface area contributed by atoms with Crippen LogP contribution in [0.25, 0.3) is 52.3 Å². The summed E-state index contributed by atoms with van der Waals surface area (Å²) >= 11 is 0.334. The molecule has 1 heterocycles. The minimum Gasteiger partial charge on any atom is -0.0617 e. The van der Waals surface area contributed by atoms with E-state index in [0.717, 1.165) is 17.1 Å². The van der Waals surface area contributed by atoms with Gasteiger partial charge in [0.25, 0.3) is 0 Å². The van der Waals surface area contributed by atoms with Gasteiger partial charge in [-0.1, -0.05) is 30.3 Å². The molecule has 0 aliphatic carbocycles. The molecule has 0 spiro atoms. The van der Waals surface area contributed by atoms with Crippen LogP contribution in [0.5, 0.6) is 0 Å². The van der Waals surface area contributed by atoms with Crippen molar-refractivity contribution in [1.82, 2.24) is 0 Å². The van der Waals surface area contributed by atoms with Gasteiger partial charge < -0.3 is 0 Å². The summed E-state index contributed by atoms with van der Waals surface area (Å²) in [6.07, 6.45) is 0. The van der Waals surface area contributed by atoms with Crippen LogP contribution in [0.15, 0.2) is 164 Å². The molecule has 0 bridgehead atoms. The minimum absolute atomic E-state index is 0.334. The third kappa shape index (κ3) is 4.33. The summed E-state index contributed by atoms with van der Waals surface area (Å²) in [4.78, 5) is 2.37. The van der Waals surface area contributed by atoms with Gasteiger partial charge >= 0.3 is 217 Å². The van der Waals surface area contributed by atoms with Crippen molar-refractivity contribution >= 4 is 61.6 Å². The molecule has 0 aliphatic heterocycles. The second-order valence-electron chi connectivity index (χ2n) is 10.6. The molecule has 0 amide bonds. The van der Waals surface area contributed by atoms with Gasteiger partial charge in [-0.05, 0) is 5.56 Å². The Kier molecular flexibility index (Phi) is 6.22. The molecule has 0 aliphatic rings. The quantitative estimate of drug-likeness (QED) is 0.178. The molecule has 0 fully saturated rings. The monoisotopic (exact) mass is 601 g/mol. The van der Waals surface area contributed by atoms with E-state index in [4.69, 9.17) is 0 Å². The number of para-hydroxylation sites is 2. The summed E-state index contributed by atoms with van der Waals surface area (Å²) in [6.45, 7) is 0. The maximum absolute atomic E-state index is 2.37. The summed E-state index contributed by atoms with van der Waals surface area (Å²) in [6, 6.07) is 59.4. The summed E-state index contributed by atoms with van der Waals surface area (Å²) in [7, 11) is 0. The van der Waals surface area contributed by atoms with Crippen LogP contribution in [-0.4, -0.2) is 14.5 Å². The zero-order chi connectivity index (χ0) is 27.9. The fourth-order valence-electron chi connectivity index (χ4n) is 6.03. The van der Waals surface area contributed by atoms with E-state index in [1.54, 1.807) is 0 Å². The van der Waals surface area contributed by atoms with Crippen LogP contribution in [0.2, 0.25) is 0 Å². The molecule has 1 nitrogen and oxygen atoms in total. The van der Waals surface area contributed by atoms with E-state index in [-0.39, 0.29) is 0 Å². The SMILES string of the molecule is c1ccc(-c2ccc(N(c3ccccc3)c3ccccc3-c3ccc4c(ccc5c6ccccc6[se]c45)c3)cc2)cc1. The Morgan fingerprint density at radius 1 is 0.405 bits per heavy atom. The largest absolute Gasteiger partial charge is 0.0617 e. The summed E-state index contributed by atoms with van der Waals surface area (Å²) in [5.41, 5.74) is 8.30. The maximum atomic E-state index is 2.37. The van der Waals surface area contributed by atoms with Gasteiger partial charge in [-0.2, -0.15) is 0 Å². The van der Waals surface area contributed by atoms with Crippen molar-refractivity contribution in [3.8, 4) is 22.3 Å². The molecule has 0 unspecified atom stereocenters. The molecule has 1 aromatic heterocycles. The van der Waals surface area contributed by atoms with E-state index in [9.17, 15) is 0 Å². The number of benzene rings is 7. The normalized spacial score (nSPS) is 11.3. The molecule has 2 heteroatoms. The Morgan fingerprint density at radius 2 is 1.02 bits per heavy atom. The predicted molar refractivity (Wildman–Crippen MR) is 181 cm³/mol. The zero-order valence-corrected chi connectivity index (χ0v) is 24.7. The number of nitrogens with zero attached hydrogens (tertiary/aromatic N) is 1. The van der Waals surface area contributed by atoms with Gasteiger partial charge in [-0.3, -0.25) is 0 Å². The molecule has 0 saturated carbocycles. The van der Waals surface area contributed by atoms with Crippen LogP contribution < -0.4 is 4.90 Å². The predicted octanol–water partition coefficient (Wildman–Crippen LogP) is 11.0. The number of rotatable bonds is 5. The fraction of sp³-hybridized carbons (Fsp3) is 0. The molecule has 0 saturated heterocycles. The third-order valence-electron chi connectivity index (χ3n) is 8.06. The van der Waals surface area contributed by atoms with Gasteiger partial charge in [-0.25, -0.2) is 0 Å². The van der Waals surface area contributed by atoms with Crippen LogP contribution in [0.4, 0.5) is 17.1 Å². The van der Waals surface area contributed by atoms with Crippen molar-refractivity contribution in [2.45, 2.75) is 0 Å². The molecule has 8 rings (SSSR count). The average Bonchev–Trinajstić information content (AvgIpc) is 3.45. The first-order chi connectivity index (χ1) is 20.8. The molecular formula is C40H27NSe. The summed E-state index contributed by atoms with van der Waals surface area (Å²) in [5.74, 6) is 0. The minimum atomic E-state index is 0.334.